The summed E-state index contributed by atoms with van der Waals surface area (Å²) >= 11 is 0. The lowest BCUT2D eigenvalue weighted by atomic mass is 10.0. The summed E-state index contributed by atoms with van der Waals surface area (Å²) in [5, 5.41) is 3.42. The molecule has 1 unspecified atom stereocenters. The van der Waals surface area contributed by atoms with E-state index in [1.165, 1.54) is 25.7 Å². The highest BCUT2D eigenvalue weighted by atomic mass is 16.5. The van der Waals surface area contributed by atoms with Gasteiger partial charge in [-0.05, 0) is 45.2 Å². The normalized spacial score (nSPS) is 13.6. The first-order chi connectivity index (χ1) is 9.94. The van der Waals surface area contributed by atoms with Crippen molar-refractivity contribution in [1.82, 2.24) is 5.32 Å². The molecular formula is C18H33NO2. The van der Waals surface area contributed by atoms with E-state index in [2.05, 4.69) is 39.9 Å². The van der Waals surface area contributed by atoms with Crippen molar-refractivity contribution in [2.45, 2.75) is 79.0 Å². The maximum atomic E-state index is 5.81. The van der Waals surface area contributed by atoms with E-state index < -0.39 is 0 Å². The molecule has 0 saturated carbocycles. The second-order valence-electron chi connectivity index (χ2n) is 6.90. The Morgan fingerprint density at radius 1 is 1.19 bits per heavy atom. The van der Waals surface area contributed by atoms with Gasteiger partial charge in [0.25, 0.3) is 0 Å². The van der Waals surface area contributed by atoms with Gasteiger partial charge in [0.15, 0.2) is 0 Å². The fourth-order valence-electron chi connectivity index (χ4n) is 2.17. The molecule has 0 bridgehead atoms. The molecule has 0 amide bonds. The Morgan fingerprint density at radius 3 is 2.52 bits per heavy atom. The number of hydrogen-bond acceptors (Lipinski definition) is 3. The molecule has 0 aromatic carbocycles. The summed E-state index contributed by atoms with van der Waals surface area (Å²) in [6.45, 7) is 13.1. The standard InChI is InChI=1S/C18H33NO2/c1-6-8-9-15(7-2)13-20-14-17-11-10-16(21-17)12-19-18(3,4)5/h10-11,15,19H,6-9,12-14H2,1-5H3. The van der Waals surface area contributed by atoms with E-state index in [-0.39, 0.29) is 5.54 Å². The topological polar surface area (TPSA) is 34.4 Å². The first-order valence-electron chi connectivity index (χ1n) is 8.35. The van der Waals surface area contributed by atoms with Crippen LogP contribution in [-0.4, -0.2) is 12.1 Å². The average Bonchev–Trinajstić information content (AvgIpc) is 2.87. The fourth-order valence-corrected chi connectivity index (χ4v) is 2.17. The highest BCUT2D eigenvalue weighted by Crippen LogP contribution is 2.15. The molecular weight excluding hydrogens is 262 g/mol. The maximum absolute atomic E-state index is 5.81. The van der Waals surface area contributed by atoms with Crippen LogP contribution >= 0.6 is 0 Å². The van der Waals surface area contributed by atoms with E-state index in [0.29, 0.717) is 12.5 Å². The summed E-state index contributed by atoms with van der Waals surface area (Å²) in [6.07, 6.45) is 5.02. The van der Waals surface area contributed by atoms with Gasteiger partial charge in [0.2, 0.25) is 0 Å². The van der Waals surface area contributed by atoms with Crippen molar-refractivity contribution in [3.8, 4) is 0 Å². The zero-order valence-electron chi connectivity index (χ0n) is 14.5. The molecule has 0 aliphatic rings. The average molecular weight is 295 g/mol. The van der Waals surface area contributed by atoms with Crippen molar-refractivity contribution in [1.29, 1.82) is 0 Å². The van der Waals surface area contributed by atoms with Crippen molar-refractivity contribution in [2.24, 2.45) is 5.92 Å². The molecule has 1 N–H and O–H groups in total. The molecule has 122 valence electrons. The first-order valence-corrected chi connectivity index (χ1v) is 8.35. The lowest BCUT2D eigenvalue weighted by molar-refractivity contribution is 0.0702. The van der Waals surface area contributed by atoms with Gasteiger partial charge in [-0.2, -0.15) is 0 Å². The third-order valence-corrected chi connectivity index (χ3v) is 3.65. The van der Waals surface area contributed by atoms with Crippen LogP contribution in [0.25, 0.3) is 0 Å². The van der Waals surface area contributed by atoms with Gasteiger partial charge in [0.05, 0.1) is 6.54 Å². The Morgan fingerprint density at radius 2 is 1.90 bits per heavy atom. The quantitative estimate of drug-likeness (QED) is 0.666. The fraction of sp³-hybridized carbons (Fsp3) is 0.778. The van der Waals surface area contributed by atoms with Crippen LogP contribution < -0.4 is 5.32 Å². The monoisotopic (exact) mass is 295 g/mol. The maximum Gasteiger partial charge on any atom is 0.129 e. The van der Waals surface area contributed by atoms with Gasteiger partial charge in [-0.15, -0.1) is 0 Å². The molecule has 0 radical (unpaired) electrons. The third-order valence-electron chi connectivity index (χ3n) is 3.65. The van der Waals surface area contributed by atoms with Crippen LogP contribution in [0.15, 0.2) is 16.5 Å². The Hall–Kier alpha value is -0.800. The Balaban J connectivity index is 2.28. The van der Waals surface area contributed by atoms with Gasteiger partial charge in [-0.25, -0.2) is 0 Å². The molecule has 1 aromatic rings. The van der Waals surface area contributed by atoms with Crippen LogP contribution in [0, 0.1) is 5.92 Å². The van der Waals surface area contributed by atoms with Gasteiger partial charge in [0.1, 0.15) is 18.1 Å². The SMILES string of the molecule is CCCCC(CC)COCc1ccc(CNC(C)(C)C)o1. The summed E-state index contributed by atoms with van der Waals surface area (Å²) in [4.78, 5) is 0. The van der Waals surface area contributed by atoms with E-state index in [1.54, 1.807) is 0 Å². The van der Waals surface area contributed by atoms with Gasteiger partial charge in [0, 0.05) is 12.1 Å². The summed E-state index contributed by atoms with van der Waals surface area (Å²) in [5.41, 5.74) is 0.108. The molecule has 1 heterocycles. The molecule has 21 heavy (non-hydrogen) atoms. The van der Waals surface area contributed by atoms with Crippen molar-refractivity contribution < 1.29 is 9.15 Å². The number of unbranched alkanes of at least 4 members (excludes halogenated alkanes) is 1. The van der Waals surface area contributed by atoms with Crippen molar-refractivity contribution >= 4 is 0 Å². The van der Waals surface area contributed by atoms with Crippen LogP contribution in [0.3, 0.4) is 0 Å². The lowest BCUT2D eigenvalue weighted by Gasteiger charge is -2.19. The smallest absolute Gasteiger partial charge is 0.129 e. The van der Waals surface area contributed by atoms with Gasteiger partial charge in [-0.1, -0.05) is 33.1 Å². The largest absolute Gasteiger partial charge is 0.462 e. The van der Waals surface area contributed by atoms with Crippen LogP contribution in [0.4, 0.5) is 0 Å². The molecule has 3 nitrogen and oxygen atoms in total. The number of rotatable bonds is 10. The molecule has 0 spiro atoms. The van der Waals surface area contributed by atoms with Crippen LogP contribution in [-0.2, 0) is 17.9 Å². The van der Waals surface area contributed by atoms with E-state index in [1.807, 2.05) is 12.1 Å². The molecule has 1 aromatic heterocycles. The zero-order chi connectivity index (χ0) is 15.7. The molecule has 1 atom stereocenters. The van der Waals surface area contributed by atoms with E-state index >= 15 is 0 Å². The Labute approximate surface area is 130 Å². The van der Waals surface area contributed by atoms with Gasteiger partial charge >= 0.3 is 0 Å². The summed E-state index contributed by atoms with van der Waals surface area (Å²) in [5.74, 6) is 2.58. The second kappa shape index (κ2) is 9.26. The third kappa shape index (κ3) is 8.27. The van der Waals surface area contributed by atoms with Crippen molar-refractivity contribution in [3.63, 3.8) is 0 Å². The Bertz CT molecular complexity index is 379. The lowest BCUT2D eigenvalue weighted by Crippen LogP contribution is -2.34. The summed E-state index contributed by atoms with van der Waals surface area (Å²) in [7, 11) is 0. The minimum absolute atomic E-state index is 0.108. The summed E-state index contributed by atoms with van der Waals surface area (Å²) in [6, 6.07) is 4.05. The highest BCUT2D eigenvalue weighted by molar-refractivity contribution is 5.06. The summed E-state index contributed by atoms with van der Waals surface area (Å²) < 4.78 is 11.6. The Kier molecular flexibility index (Phi) is 8.05. The number of nitrogens with one attached hydrogen (secondary N) is 1. The number of hydrogen-bond donors (Lipinski definition) is 1. The number of furan rings is 1. The molecule has 0 aliphatic heterocycles. The minimum atomic E-state index is 0.108. The second-order valence-corrected chi connectivity index (χ2v) is 6.90. The van der Waals surface area contributed by atoms with Crippen molar-refractivity contribution in [2.75, 3.05) is 6.61 Å². The molecule has 0 saturated heterocycles. The predicted octanol–water partition coefficient (Wildman–Crippen LogP) is 4.90. The number of ether oxygens (including phenoxy) is 1. The minimum Gasteiger partial charge on any atom is -0.462 e. The predicted molar refractivity (Wildman–Crippen MR) is 88.3 cm³/mol. The zero-order valence-corrected chi connectivity index (χ0v) is 14.5. The molecule has 0 aliphatic carbocycles. The van der Waals surface area contributed by atoms with Crippen LogP contribution in [0.5, 0.6) is 0 Å². The molecule has 1 rings (SSSR count). The van der Waals surface area contributed by atoms with E-state index in [4.69, 9.17) is 9.15 Å². The van der Waals surface area contributed by atoms with E-state index in [0.717, 1.165) is 24.7 Å². The van der Waals surface area contributed by atoms with Crippen LogP contribution in [0.2, 0.25) is 0 Å². The molecule has 3 heteroatoms. The van der Waals surface area contributed by atoms with Crippen molar-refractivity contribution in [3.05, 3.63) is 23.7 Å². The van der Waals surface area contributed by atoms with Gasteiger partial charge < -0.3 is 14.5 Å². The van der Waals surface area contributed by atoms with Crippen LogP contribution in [0.1, 0.15) is 71.8 Å². The first kappa shape index (κ1) is 18.2. The highest BCUT2D eigenvalue weighted by Gasteiger charge is 2.11. The van der Waals surface area contributed by atoms with E-state index in [9.17, 15) is 0 Å². The van der Waals surface area contributed by atoms with Gasteiger partial charge in [-0.3, -0.25) is 0 Å². The molecule has 0 fully saturated rings.